The first-order valence-corrected chi connectivity index (χ1v) is 10.6. The van der Waals surface area contributed by atoms with E-state index in [9.17, 15) is 5.11 Å². The molecular formula is C23H28ClN3O2. The fraction of sp³-hybridized carbons (Fsp3) is 0.478. The molecule has 3 atom stereocenters. The maximum Gasteiger partial charge on any atom is 0.203 e. The Kier molecular flexibility index (Phi) is 4.87. The first-order chi connectivity index (χ1) is 13.7. The maximum absolute atomic E-state index is 11.1. The van der Waals surface area contributed by atoms with Crippen LogP contribution in [0.15, 0.2) is 36.5 Å². The number of benzene rings is 1. The van der Waals surface area contributed by atoms with Crippen molar-refractivity contribution in [1.29, 1.82) is 0 Å². The van der Waals surface area contributed by atoms with E-state index in [1.807, 2.05) is 47.9 Å². The predicted molar refractivity (Wildman–Crippen MR) is 115 cm³/mol. The Labute approximate surface area is 176 Å². The highest BCUT2D eigenvalue weighted by Crippen LogP contribution is 2.58. The number of aromatic nitrogens is 3. The number of nitrogens with zero attached hydrogens (tertiary/aromatic N) is 3. The second kappa shape index (κ2) is 6.99. The molecule has 1 aliphatic carbocycles. The van der Waals surface area contributed by atoms with E-state index >= 15 is 0 Å². The summed E-state index contributed by atoms with van der Waals surface area (Å²) < 4.78 is 8.15. The quantitative estimate of drug-likeness (QED) is 0.608. The number of hydrogen-bond donors (Lipinski definition) is 1. The Hall–Kier alpha value is -2.11. The minimum Gasteiger partial charge on any atom is -0.453 e. The molecule has 0 radical (unpaired) electrons. The molecule has 0 unspecified atom stereocenters. The average molecular weight is 414 g/mol. The summed E-state index contributed by atoms with van der Waals surface area (Å²) in [5.41, 5.74) is 0.917. The van der Waals surface area contributed by atoms with Crippen LogP contribution < -0.4 is 4.74 Å². The van der Waals surface area contributed by atoms with Crippen molar-refractivity contribution in [3.63, 3.8) is 0 Å². The van der Waals surface area contributed by atoms with Gasteiger partial charge in [0.25, 0.3) is 0 Å². The molecule has 154 valence electrons. The van der Waals surface area contributed by atoms with Crippen LogP contribution >= 0.6 is 11.6 Å². The van der Waals surface area contributed by atoms with Gasteiger partial charge in [0.1, 0.15) is 11.6 Å². The molecule has 6 heteroatoms. The summed E-state index contributed by atoms with van der Waals surface area (Å²) in [6, 6.07) is 9.41. The number of ether oxygens (including phenoxy) is 1. The van der Waals surface area contributed by atoms with Crippen molar-refractivity contribution in [3.05, 3.63) is 52.9 Å². The van der Waals surface area contributed by atoms with Gasteiger partial charge in [-0.15, -0.1) is 10.2 Å². The van der Waals surface area contributed by atoms with Crippen molar-refractivity contribution in [2.24, 2.45) is 11.3 Å². The van der Waals surface area contributed by atoms with Crippen molar-refractivity contribution in [3.8, 4) is 11.5 Å². The smallest absolute Gasteiger partial charge is 0.203 e. The van der Waals surface area contributed by atoms with Crippen LogP contribution in [-0.2, 0) is 5.41 Å². The van der Waals surface area contributed by atoms with E-state index in [1.165, 1.54) is 0 Å². The molecule has 1 aromatic carbocycles. The van der Waals surface area contributed by atoms with Crippen LogP contribution in [0.1, 0.15) is 51.9 Å². The van der Waals surface area contributed by atoms with Gasteiger partial charge in [-0.1, -0.05) is 45.4 Å². The second-order valence-electron chi connectivity index (χ2n) is 8.75. The molecule has 0 bridgehead atoms. The average Bonchev–Trinajstić information content (AvgIpc) is 3.18. The molecule has 5 nitrogen and oxygen atoms in total. The molecule has 4 rings (SSSR count). The van der Waals surface area contributed by atoms with Crippen molar-refractivity contribution in [1.82, 2.24) is 14.6 Å². The van der Waals surface area contributed by atoms with Crippen molar-refractivity contribution in [2.75, 3.05) is 0 Å². The SMILES string of the molecule is CC[C@@]1(c2nnc3c(Oc4cccc(Cl)c4C)cccn23)[C@H](O)C[C@@H](C)C1(C)C. The highest BCUT2D eigenvalue weighted by molar-refractivity contribution is 6.31. The molecule has 0 aliphatic heterocycles. The van der Waals surface area contributed by atoms with E-state index < -0.39 is 11.5 Å². The van der Waals surface area contributed by atoms with Crippen LogP contribution in [0.25, 0.3) is 5.65 Å². The number of hydrogen-bond acceptors (Lipinski definition) is 4. The van der Waals surface area contributed by atoms with Gasteiger partial charge in [-0.25, -0.2) is 0 Å². The van der Waals surface area contributed by atoms with E-state index in [-0.39, 0.29) is 5.41 Å². The van der Waals surface area contributed by atoms with Gasteiger partial charge in [0.05, 0.1) is 11.5 Å². The van der Waals surface area contributed by atoms with Crippen LogP contribution in [-0.4, -0.2) is 25.8 Å². The summed E-state index contributed by atoms with van der Waals surface area (Å²) in [4.78, 5) is 0. The lowest BCUT2D eigenvalue weighted by Crippen LogP contribution is -2.47. The summed E-state index contributed by atoms with van der Waals surface area (Å²) in [6.45, 7) is 10.7. The van der Waals surface area contributed by atoms with Crippen molar-refractivity contribution >= 4 is 17.2 Å². The minimum absolute atomic E-state index is 0.121. The van der Waals surface area contributed by atoms with Gasteiger partial charge < -0.3 is 9.84 Å². The number of aliphatic hydroxyl groups excluding tert-OH is 1. The first kappa shape index (κ1) is 20.2. The molecule has 2 aromatic heterocycles. The van der Waals surface area contributed by atoms with Crippen LogP contribution in [0.5, 0.6) is 11.5 Å². The largest absolute Gasteiger partial charge is 0.453 e. The lowest BCUT2D eigenvalue weighted by molar-refractivity contribution is 0.0404. The normalized spacial score (nSPS) is 26.2. The van der Waals surface area contributed by atoms with E-state index in [1.54, 1.807) is 0 Å². The molecule has 1 aliphatic rings. The Morgan fingerprint density at radius 2 is 1.93 bits per heavy atom. The Balaban J connectivity index is 1.85. The zero-order valence-corrected chi connectivity index (χ0v) is 18.4. The highest BCUT2D eigenvalue weighted by Gasteiger charge is 2.60. The molecule has 2 heterocycles. The third-order valence-corrected chi connectivity index (χ3v) is 7.73. The molecule has 0 amide bonds. The Morgan fingerprint density at radius 1 is 1.21 bits per heavy atom. The molecule has 29 heavy (non-hydrogen) atoms. The third kappa shape index (κ3) is 2.78. The van der Waals surface area contributed by atoms with E-state index in [4.69, 9.17) is 16.3 Å². The second-order valence-corrected chi connectivity index (χ2v) is 9.16. The fourth-order valence-electron chi connectivity index (χ4n) is 5.08. The summed E-state index contributed by atoms with van der Waals surface area (Å²) in [5, 5.41) is 20.8. The van der Waals surface area contributed by atoms with E-state index in [2.05, 4.69) is 37.9 Å². The molecule has 1 fully saturated rings. The van der Waals surface area contributed by atoms with Gasteiger partial charge in [0.2, 0.25) is 5.65 Å². The van der Waals surface area contributed by atoms with Crippen LogP contribution in [0.2, 0.25) is 5.02 Å². The monoisotopic (exact) mass is 413 g/mol. The summed E-state index contributed by atoms with van der Waals surface area (Å²) in [6.07, 6.45) is 3.02. The number of halogens is 1. The lowest BCUT2D eigenvalue weighted by Gasteiger charge is -2.43. The maximum atomic E-state index is 11.1. The standard InChI is InChI=1S/C23H28ClN3O2/c1-6-23(19(28)13-14(2)22(23,4)5)21-26-25-20-18(11-8-12-27(20)21)29-17-10-7-9-16(24)15(17)3/h7-12,14,19,28H,6,13H2,1-5H3/t14-,19-,23+/m1/s1. The number of aliphatic hydroxyl groups is 1. The lowest BCUT2D eigenvalue weighted by atomic mass is 9.62. The minimum atomic E-state index is -0.476. The molecule has 1 N–H and O–H groups in total. The predicted octanol–water partition coefficient (Wildman–Crippen LogP) is 5.56. The Morgan fingerprint density at radius 3 is 2.59 bits per heavy atom. The van der Waals surface area contributed by atoms with Crippen molar-refractivity contribution in [2.45, 2.75) is 59.0 Å². The first-order valence-electron chi connectivity index (χ1n) is 10.2. The zero-order chi connectivity index (χ0) is 21.0. The van der Waals surface area contributed by atoms with Crippen LogP contribution in [0.3, 0.4) is 0 Å². The van der Waals surface area contributed by atoms with Gasteiger partial charge in [0, 0.05) is 16.8 Å². The van der Waals surface area contributed by atoms with Crippen molar-refractivity contribution < 1.29 is 9.84 Å². The summed E-state index contributed by atoms with van der Waals surface area (Å²) in [5.74, 6) is 2.47. The van der Waals surface area contributed by atoms with Gasteiger partial charge in [-0.3, -0.25) is 4.40 Å². The topological polar surface area (TPSA) is 59.7 Å². The van der Waals surface area contributed by atoms with Crippen LogP contribution in [0.4, 0.5) is 0 Å². The molecular weight excluding hydrogens is 386 g/mol. The summed E-state index contributed by atoms with van der Waals surface area (Å²) in [7, 11) is 0. The van der Waals surface area contributed by atoms with Gasteiger partial charge in [-0.2, -0.15) is 0 Å². The summed E-state index contributed by atoms with van der Waals surface area (Å²) >= 11 is 6.25. The number of fused-ring (bicyclic) bond motifs is 1. The third-order valence-electron chi connectivity index (χ3n) is 7.32. The molecule has 0 saturated heterocycles. The van der Waals surface area contributed by atoms with E-state index in [0.29, 0.717) is 28.1 Å². The molecule has 1 saturated carbocycles. The van der Waals surface area contributed by atoms with Crippen LogP contribution in [0, 0.1) is 18.3 Å². The zero-order valence-electron chi connectivity index (χ0n) is 17.6. The van der Waals surface area contributed by atoms with Gasteiger partial charge >= 0.3 is 0 Å². The fourth-order valence-corrected chi connectivity index (χ4v) is 5.24. The van der Waals surface area contributed by atoms with Gasteiger partial charge in [-0.05, 0) is 55.4 Å². The Bertz CT molecular complexity index is 1060. The van der Waals surface area contributed by atoms with Gasteiger partial charge in [0.15, 0.2) is 5.75 Å². The number of rotatable bonds is 4. The highest BCUT2D eigenvalue weighted by atomic mass is 35.5. The molecule has 3 aromatic rings. The number of pyridine rings is 1. The molecule has 0 spiro atoms. The van der Waals surface area contributed by atoms with E-state index in [0.717, 1.165) is 24.2 Å².